The molecule has 2 N–H and O–H groups in total. The molecule has 1 saturated heterocycles. The monoisotopic (exact) mass is 323 g/mol. The minimum atomic E-state index is -0.142. The van der Waals surface area contributed by atoms with E-state index in [1.54, 1.807) is 24.2 Å². The average Bonchev–Trinajstić information content (AvgIpc) is 3.18. The highest BCUT2D eigenvalue weighted by molar-refractivity contribution is 5.98. The van der Waals surface area contributed by atoms with Crippen molar-refractivity contribution in [3.05, 3.63) is 42.5 Å². The van der Waals surface area contributed by atoms with Crippen LogP contribution >= 0.6 is 12.4 Å². The van der Waals surface area contributed by atoms with Crippen molar-refractivity contribution in [1.82, 2.24) is 25.4 Å². The first-order valence-corrected chi connectivity index (χ1v) is 6.78. The van der Waals surface area contributed by atoms with Crippen molar-refractivity contribution in [2.75, 3.05) is 20.2 Å². The third-order valence-electron chi connectivity index (χ3n) is 3.59. The van der Waals surface area contributed by atoms with Gasteiger partial charge in [0.1, 0.15) is 12.7 Å². The number of rotatable bonds is 4. The molecule has 118 valence electrons. The number of benzene rings is 1. The van der Waals surface area contributed by atoms with Crippen LogP contribution in [0.2, 0.25) is 0 Å². The van der Waals surface area contributed by atoms with Crippen LogP contribution in [0.5, 0.6) is 0 Å². The van der Waals surface area contributed by atoms with Crippen LogP contribution in [0.25, 0.3) is 5.69 Å². The first kappa shape index (κ1) is 16.4. The standard InChI is InChI=1S/C14H17N5O2.ClH/c1-21-13-7-15-6-11(13)18-14(20)10-4-2-3-5-12(10)19-9-16-8-17-19;/h2-5,8-9,11,13,15H,6-7H2,1H3,(H,18,20);1H/t11-,13-;/m0./s1. The molecule has 1 aliphatic rings. The topological polar surface area (TPSA) is 81.1 Å². The van der Waals surface area contributed by atoms with Gasteiger partial charge in [0, 0.05) is 20.2 Å². The van der Waals surface area contributed by atoms with Gasteiger partial charge in [-0.1, -0.05) is 12.1 Å². The summed E-state index contributed by atoms with van der Waals surface area (Å²) in [5.74, 6) is -0.142. The number of carbonyl (C=O) groups is 1. The normalized spacial score (nSPS) is 20.4. The van der Waals surface area contributed by atoms with Crippen molar-refractivity contribution in [1.29, 1.82) is 0 Å². The molecule has 0 saturated carbocycles. The number of nitrogens with zero attached hydrogens (tertiary/aromatic N) is 3. The zero-order chi connectivity index (χ0) is 14.7. The second-order valence-electron chi connectivity index (χ2n) is 4.87. The molecule has 1 fully saturated rings. The van der Waals surface area contributed by atoms with E-state index in [1.807, 2.05) is 18.2 Å². The zero-order valence-electron chi connectivity index (χ0n) is 12.1. The maximum atomic E-state index is 12.5. The van der Waals surface area contributed by atoms with Gasteiger partial charge < -0.3 is 15.4 Å². The van der Waals surface area contributed by atoms with Crippen LogP contribution in [0.4, 0.5) is 0 Å². The number of methoxy groups -OCH3 is 1. The summed E-state index contributed by atoms with van der Waals surface area (Å²) in [6.45, 7) is 1.45. The molecule has 1 amide bonds. The highest BCUT2D eigenvalue weighted by Gasteiger charge is 2.29. The molecule has 0 radical (unpaired) electrons. The Bertz CT molecular complexity index is 619. The van der Waals surface area contributed by atoms with Gasteiger partial charge in [-0.3, -0.25) is 4.79 Å². The summed E-state index contributed by atoms with van der Waals surface area (Å²) in [5, 5.41) is 10.3. The molecule has 2 aromatic rings. The molecule has 2 heterocycles. The summed E-state index contributed by atoms with van der Waals surface area (Å²) in [6, 6.07) is 7.27. The summed E-state index contributed by atoms with van der Waals surface area (Å²) in [4.78, 5) is 16.4. The summed E-state index contributed by atoms with van der Waals surface area (Å²) in [7, 11) is 1.65. The number of halogens is 1. The van der Waals surface area contributed by atoms with Crippen LogP contribution in [0.3, 0.4) is 0 Å². The molecule has 1 aromatic heterocycles. The fourth-order valence-electron chi connectivity index (χ4n) is 2.49. The molecule has 8 heteroatoms. The van der Waals surface area contributed by atoms with E-state index in [2.05, 4.69) is 20.7 Å². The number of para-hydroxylation sites is 1. The van der Waals surface area contributed by atoms with Gasteiger partial charge in [-0.25, -0.2) is 9.67 Å². The Morgan fingerprint density at radius 3 is 2.95 bits per heavy atom. The molecule has 22 heavy (non-hydrogen) atoms. The first-order chi connectivity index (χ1) is 10.3. The molecule has 2 atom stereocenters. The highest BCUT2D eigenvalue weighted by atomic mass is 35.5. The second kappa shape index (κ2) is 7.35. The van der Waals surface area contributed by atoms with E-state index >= 15 is 0 Å². The van der Waals surface area contributed by atoms with Gasteiger partial charge in [0.15, 0.2) is 0 Å². The Morgan fingerprint density at radius 1 is 1.41 bits per heavy atom. The van der Waals surface area contributed by atoms with Gasteiger partial charge in [0.05, 0.1) is 23.4 Å². The van der Waals surface area contributed by atoms with E-state index in [1.165, 1.54) is 6.33 Å². The molecule has 1 aromatic carbocycles. The first-order valence-electron chi connectivity index (χ1n) is 6.78. The minimum absolute atomic E-state index is 0. The fraction of sp³-hybridized carbons (Fsp3) is 0.357. The highest BCUT2D eigenvalue weighted by Crippen LogP contribution is 2.14. The molecule has 0 spiro atoms. The number of hydrogen-bond donors (Lipinski definition) is 2. The van der Waals surface area contributed by atoms with Crippen molar-refractivity contribution in [2.24, 2.45) is 0 Å². The molecule has 1 aliphatic heterocycles. The predicted molar refractivity (Wildman–Crippen MR) is 83.5 cm³/mol. The molecule has 0 unspecified atom stereocenters. The lowest BCUT2D eigenvalue weighted by Crippen LogP contribution is -2.43. The third kappa shape index (κ3) is 3.27. The van der Waals surface area contributed by atoms with Crippen molar-refractivity contribution >= 4 is 18.3 Å². The van der Waals surface area contributed by atoms with Crippen LogP contribution in [-0.2, 0) is 4.74 Å². The van der Waals surface area contributed by atoms with Gasteiger partial charge in [0.25, 0.3) is 5.91 Å². The average molecular weight is 324 g/mol. The van der Waals surface area contributed by atoms with E-state index in [0.29, 0.717) is 17.8 Å². The molecule has 3 rings (SSSR count). The van der Waals surface area contributed by atoms with Crippen LogP contribution in [0.15, 0.2) is 36.9 Å². The van der Waals surface area contributed by atoms with Crippen molar-refractivity contribution in [3.8, 4) is 5.69 Å². The van der Waals surface area contributed by atoms with Gasteiger partial charge in [0.2, 0.25) is 0 Å². The summed E-state index contributed by atoms with van der Waals surface area (Å²) < 4.78 is 6.94. The van der Waals surface area contributed by atoms with E-state index in [-0.39, 0.29) is 30.5 Å². The number of amides is 1. The largest absolute Gasteiger partial charge is 0.378 e. The number of aromatic nitrogens is 3. The third-order valence-corrected chi connectivity index (χ3v) is 3.59. The number of hydrogen-bond acceptors (Lipinski definition) is 5. The predicted octanol–water partition coefficient (Wildman–Crippen LogP) is 0.406. The second-order valence-corrected chi connectivity index (χ2v) is 4.87. The van der Waals surface area contributed by atoms with Gasteiger partial charge >= 0.3 is 0 Å². The number of ether oxygens (including phenoxy) is 1. The quantitative estimate of drug-likeness (QED) is 0.851. The van der Waals surface area contributed by atoms with Crippen molar-refractivity contribution < 1.29 is 9.53 Å². The smallest absolute Gasteiger partial charge is 0.253 e. The lowest BCUT2D eigenvalue weighted by Gasteiger charge is -2.19. The Labute approximate surface area is 134 Å². The van der Waals surface area contributed by atoms with E-state index in [0.717, 1.165) is 6.54 Å². The molecule has 7 nitrogen and oxygen atoms in total. The van der Waals surface area contributed by atoms with Gasteiger partial charge in [-0.2, -0.15) is 5.10 Å². The number of carbonyl (C=O) groups excluding carboxylic acids is 1. The number of nitrogens with one attached hydrogen (secondary N) is 2. The van der Waals surface area contributed by atoms with Crippen LogP contribution in [0, 0.1) is 0 Å². The maximum absolute atomic E-state index is 12.5. The minimum Gasteiger partial charge on any atom is -0.378 e. The summed E-state index contributed by atoms with van der Waals surface area (Å²) in [5.41, 5.74) is 1.26. The molecule has 0 bridgehead atoms. The molecular formula is C14H18ClN5O2. The SMILES string of the molecule is CO[C@H]1CNC[C@@H]1NC(=O)c1ccccc1-n1cncn1.Cl. The summed E-state index contributed by atoms with van der Waals surface area (Å²) >= 11 is 0. The Morgan fingerprint density at radius 2 is 2.23 bits per heavy atom. The Balaban J connectivity index is 0.00000176. The molecular weight excluding hydrogens is 306 g/mol. The lowest BCUT2D eigenvalue weighted by atomic mass is 10.1. The van der Waals surface area contributed by atoms with E-state index in [9.17, 15) is 4.79 Å². The van der Waals surface area contributed by atoms with Crippen molar-refractivity contribution in [2.45, 2.75) is 12.1 Å². The fourth-order valence-corrected chi connectivity index (χ4v) is 2.49. The van der Waals surface area contributed by atoms with E-state index < -0.39 is 0 Å². The maximum Gasteiger partial charge on any atom is 0.253 e. The zero-order valence-corrected chi connectivity index (χ0v) is 12.9. The van der Waals surface area contributed by atoms with Crippen LogP contribution in [-0.4, -0.2) is 53.0 Å². The van der Waals surface area contributed by atoms with Gasteiger partial charge in [-0.05, 0) is 12.1 Å². The van der Waals surface area contributed by atoms with Crippen LogP contribution < -0.4 is 10.6 Å². The Kier molecular flexibility index (Phi) is 5.48. The Hall–Kier alpha value is -1.96. The van der Waals surface area contributed by atoms with Gasteiger partial charge in [-0.15, -0.1) is 12.4 Å². The molecule has 0 aliphatic carbocycles. The van der Waals surface area contributed by atoms with Crippen LogP contribution in [0.1, 0.15) is 10.4 Å². The summed E-state index contributed by atoms with van der Waals surface area (Å²) in [6.07, 6.45) is 3.00. The van der Waals surface area contributed by atoms with E-state index in [4.69, 9.17) is 4.74 Å². The van der Waals surface area contributed by atoms with Crippen molar-refractivity contribution in [3.63, 3.8) is 0 Å². The lowest BCUT2D eigenvalue weighted by molar-refractivity contribution is 0.0780.